The van der Waals surface area contributed by atoms with Crippen LogP contribution >= 0.6 is 0 Å². The monoisotopic (exact) mass is 274 g/mol. The lowest BCUT2D eigenvalue weighted by molar-refractivity contribution is -0.163. The fourth-order valence-electron chi connectivity index (χ4n) is 1.84. The zero-order chi connectivity index (χ0) is 14.9. The Labute approximate surface area is 115 Å². The Bertz CT molecular complexity index is 290. The molecule has 5 heteroatoms. The molecule has 0 heterocycles. The van der Waals surface area contributed by atoms with Crippen molar-refractivity contribution in [3.8, 4) is 0 Å². The molecule has 0 aliphatic carbocycles. The van der Waals surface area contributed by atoms with Gasteiger partial charge < -0.3 is 14.2 Å². The van der Waals surface area contributed by atoms with E-state index in [0.717, 1.165) is 6.42 Å². The van der Waals surface area contributed by atoms with Crippen LogP contribution in [0.1, 0.15) is 53.9 Å². The van der Waals surface area contributed by atoms with Crippen LogP contribution in [0.2, 0.25) is 0 Å². The summed E-state index contributed by atoms with van der Waals surface area (Å²) in [5, 5.41) is 0. The molecule has 112 valence electrons. The van der Waals surface area contributed by atoms with E-state index >= 15 is 0 Å². The van der Waals surface area contributed by atoms with Gasteiger partial charge in [-0.1, -0.05) is 20.3 Å². The van der Waals surface area contributed by atoms with Gasteiger partial charge in [0.25, 0.3) is 0 Å². The average Bonchev–Trinajstić information content (AvgIpc) is 2.37. The van der Waals surface area contributed by atoms with E-state index in [0.29, 0.717) is 19.4 Å². The van der Waals surface area contributed by atoms with Gasteiger partial charge in [-0.25, -0.2) is 4.79 Å². The number of esters is 1. The summed E-state index contributed by atoms with van der Waals surface area (Å²) in [6.45, 7) is 9.66. The number of carbonyl (C=O) groups excluding carboxylic acids is 2. The van der Waals surface area contributed by atoms with Gasteiger partial charge in [-0.2, -0.15) is 0 Å². The third-order valence-electron chi connectivity index (χ3n) is 3.24. The molecule has 0 radical (unpaired) electrons. The molecule has 0 saturated carbocycles. The summed E-state index contributed by atoms with van der Waals surface area (Å²) in [4.78, 5) is 23.6. The highest BCUT2D eigenvalue weighted by atomic mass is 16.7. The lowest BCUT2D eigenvalue weighted by Gasteiger charge is -2.33. The van der Waals surface area contributed by atoms with Crippen molar-refractivity contribution in [2.45, 2.75) is 60.0 Å². The molecule has 0 aromatic carbocycles. The maximum Gasteiger partial charge on any atom is 0.508 e. The Balaban J connectivity index is 4.97. The van der Waals surface area contributed by atoms with Crippen molar-refractivity contribution in [1.29, 1.82) is 0 Å². The second-order valence-corrected chi connectivity index (χ2v) is 4.57. The molecule has 2 atom stereocenters. The van der Waals surface area contributed by atoms with E-state index < -0.39 is 17.7 Å². The largest absolute Gasteiger partial charge is 0.508 e. The fourth-order valence-corrected chi connectivity index (χ4v) is 1.84. The Morgan fingerprint density at radius 3 is 2.05 bits per heavy atom. The van der Waals surface area contributed by atoms with Crippen molar-refractivity contribution >= 4 is 12.1 Å². The zero-order valence-corrected chi connectivity index (χ0v) is 12.7. The van der Waals surface area contributed by atoms with Gasteiger partial charge in [0.1, 0.15) is 11.5 Å². The lowest BCUT2D eigenvalue weighted by Crippen LogP contribution is -2.43. The van der Waals surface area contributed by atoms with Crippen molar-refractivity contribution < 1.29 is 23.8 Å². The lowest BCUT2D eigenvalue weighted by atomic mass is 9.79. The summed E-state index contributed by atoms with van der Waals surface area (Å²) in [7, 11) is 0. The fraction of sp³-hybridized carbons (Fsp3) is 0.857. The van der Waals surface area contributed by atoms with Gasteiger partial charge in [0.2, 0.25) is 0 Å². The van der Waals surface area contributed by atoms with Crippen molar-refractivity contribution in [3.63, 3.8) is 0 Å². The van der Waals surface area contributed by atoms with Crippen LogP contribution in [0, 0.1) is 5.41 Å². The molecule has 19 heavy (non-hydrogen) atoms. The smallest absolute Gasteiger partial charge is 0.465 e. The predicted molar refractivity (Wildman–Crippen MR) is 71.8 cm³/mol. The highest BCUT2D eigenvalue weighted by Gasteiger charge is 2.43. The van der Waals surface area contributed by atoms with E-state index in [4.69, 9.17) is 14.2 Å². The number of ether oxygens (including phenoxy) is 3. The quantitative estimate of drug-likeness (QED) is 0.635. The summed E-state index contributed by atoms with van der Waals surface area (Å²) in [5.41, 5.74) is -0.835. The first-order valence-corrected chi connectivity index (χ1v) is 6.96. The van der Waals surface area contributed by atoms with E-state index in [1.165, 1.54) is 0 Å². The van der Waals surface area contributed by atoms with E-state index in [2.05, 4.69) is 0 Å². The molecule has 0 aliphatic heterocycles. The van der Waals surface area contributed by atoms with Gasteiger partial charge in [0.05, 0.1) is 13.2 Å². The highest BCUT2D eigenvalue weighted by Crippen LogP contribution is 2.33. The van der Waals surface area contributed by atoms with E-state index in [1.807, 2.05) is 13.8 Å². The second-order valence-electron chi connectivity index (χ2n) is 4.57. The number of rotatable bonds is 8. The molecule has 0 aliphatic rings. The van der Waals surface area contributed by atoms with Gasteiger partial charge in [0.15, 0.2) is 0 Å². The molecule has 0 N–H and O–H groups in total. The van der Waals surface area contributed by atoms with Crippen LogP contribution in [0.15, 0.2) is 0 Å². The van der Waals surface area contributed by atoms with E-state index in [9.17, 15) is 9.59 Å². The summed E-state index contributed by atoms with van der Waals surface area (Å²) in [6.07, 6.45) is 0.683. The second kappa shape index (κ2) is 8.77. The first kappa shape index (κ1) is 17.7. The number of hydrogen-bond donors (Lipinski definition) is 0. The zero-order valence-electron chi connectivity index (χ0n) is 12.7. The first-order valence-electron chi connectivity index (χ1n) is 6.96. The molecule has 2 unspecified atom stereocenters. The Hall–Kier alpha value is -1.26. The maximum atomic E-state index is 12.1. The Morgan fingerprint density at radius 1 is 1.05 bits per heavy atom. The van der Waals surface area contributed by atoms with Crippen molar-refractivity contribution in [2.75, 3.05) is 13.2 Å². The normalized spacial score (nSPS) is 15.2. The molecule has 5 nitrogen and oxygen atoms in total. The van der Waals surface area contributed by atoms with Crippen LogP contribution < -0.4 is 0 Å². The summed E-state index contributed by atoms with van der Waals surface area (Å²) >= 11 is 0. The molecule has 0 aromatic rings. The highest BCUT2D eigenvalue weighted by molar-refractivity contribution is 5.77. The summed E-state index contributed by atoms with van der Waals surface area (Å²) in [6, 6.07) is 0. The standard InChI is InChI=1S/C14H26O5/c1-6-10-11(19-13(16)18-9-4)14(5,7-2)12(15)17-8-3/h11H,6-10H2,1-5H3. The Kier molecular flexibility index (Phi) is 8.19. The minimum Gasteiger partial charge on any atom is -0.465 e. The molecule has 0 rings (SSSR count). The summed E-state index contributed by atoms with van der Waals surface area (Å²) in [5.74, 6) is -0.333. The van der Waals surface area contributed by atoms with Crippen LogP contribution in [0.25, 0.3) is 0 Å². The van der Waals surface area contributed by atoms with Gasteiger partial charge in [-0.3, -0.25) is 4.79 Å². The minimum atomic E-state index is -0.835. The molecule has 0 aromatic heterocycles. The van der Waals surface area contributed by atoms with Crippen LogP contribution in [0.3, 0.4) is 0 Å². The summed E-state index contributed by atoms with van der Waals surface area (Å²) < 4.78 is 15.2. The average molecular weight is 274 g/mol. The third-order valence-corrected chi connectivity index (χ3v) is 3.24. The van der Waals surface area contributed by atoms with Gasteiger partial charge in [-0.05, 0) is 33.6 Å². The molecule has 0 bridgehead atoms. The van der Waals surface area contributed by atoms with Crippen LogP contribution in [-0.2, 0) is 19.0 Å². The maximum absolute atomic E-state index is 12.1. The molecule has 0 fully saturated rings. The van der Waals surface area contributed by atoms with Crippen molar-refractivity contribution in [1.82, 2.24) is 0 Å². The van der Waals surface area contributed by atoms with E-state index in [-0.39, 0.29) is 12.6 Å². The molecular weight excluding hydrogens is 248 g/mol. The van der Waals surface area contributed by atoms with Crippen molar-refractivity contribution in [3.05, 3.63) is 0 Å². The van der Waals surface area contributed by atoms with Crippen LogP contribution in [-0.4, -0.2) is 31.4 Å². The molecule has 0 saturated heterocycles. The van der Waals surface area contributed by atoms with E-state index in [1.54, 1.807) is 20.8 Å². The van der Waals surface area contributed by atoms with Gasteiger partial charge in [-0.15, -0.1) is 0 Å². The van der Waals surface area contributed by atoms with Gasteiger partial charge in [0, 0.05) is 0 Å². The topological polar surface area (TPSA) is 61.8 Å². The minimum absolute atomic E-state index is 0.250. The first-order chi connectivity index (χ1) is 8.96. The third kappa shape index (κ3) is 5.09. The predicted octanol–water partition coefficient (Wildman–Crippen LogP) is 3.31. The molecular formula is C14H26O5. The molecule has 0 amide bonds. The Morgan fingerprint density at radius 2 is 1.63 bits per heavy atom. The molecule has 0 spiro atoms. The SMILES string of the molecule is CCCC(OC(=O)OCC)C(C)(CC)C(=O)OCC. The number of carbonyl (C=O) groups is 2. The van der Waals surface area contributed by atoms with Crippen molar-refractivity contribution in [2.24, 2.45) is 5.41 Å². The van der Waals surface area contributed by atoms with Gasteiger partial charge >= 0.3 is 12.1 Å². The number of hydrogen-bond acceptors (Lipinski definition) is 5. The van der Waals surface area contributed by atoms with Crippen LogP contribution in [0.4, 0.5) is 4.79 Å². The van der Waals surface area contributed by atoms with Crippen LogP contribution in [0.5, 0.6) is 0 Å².